The molecule has 0 radical (unpaired) electrons. The zero-order valence-corrected chi connectivity index (χ0v) is 15.5. The molecule has 0 fully saturated rings. The molecule has 0 atom stereocenters. The number of nitro groups is 1. The standard InChI is InChI=1S/C20H20N4O4/c1-13(2)28-17-9-3-14(4-10-17)11-21-20(25)18-12-22-23-19(18)15-5-7-16(8-6-15)24(26)27/h3-10,12-13H,11H2,1-2H3,(H,21,25)(H,22,23). The maximum Gasteiger partial charge on any atom is 0.269 e. The summed E-state index contributed by atoms with van der Waals surface area (Å²) in [6.07, 6.45) is 1.54. The van der Waals surface area contributed by atoms with Gasteiger partial charge < -0.3 is 10.1 Å². The molecule has 2 N–H and O–H groups in total. The Hall–Kier alpha value is -3.68. The molecule has 0 aliphatic rings. The molecular weight excluding hydrogens is 360 g/mol. The van der Waals surface area contributed by atoms with E-state index in [9.17, 15) is 14.9 Å². The Morgan fingerprint density at radius 2 is 1.86 bits per heavy atom. The van der Waals surface area contributed by atoms with Crippen LogP contribution in [0.2, 0.25) is 0 Å². The Morgan fingerprint density at radius 1 is 1.18 bits per heavy atom. The average molecular weight is 380 g/mol. The number of hydrogen-bond donors (Lipinski definition) is 2. The van der Waals surface area contributed by atoms with E-state index in [2.05, 4.69) is 15.5 Å². The molecule has 8 heteroatoms. The highest BCUT2D eigenvalue weighted by Gasteiger charge is 2.16. The van der Waals surface area contributed by atoms with Gasteiger partial charge in [-0.3, -0.25) is 20.0 Å². The van der Waals surface area contributed by atoms with E-state index in [0.717, 1.165) is 11.3 Å². The van der Waals surface area contributed by atoms with Gasteiger partial charge in [-0.1, -0.05) is 12.1 Å². The second kappa shape index (κ2) is 8.34. The highest BCUT2D eigenvalue weighted by atomic mass is 16.6. The van der Waals surface area contributed by atoms with Crippen LogP contribution in [0.5, 0.6) is 5.75 Å². The molecule has 1 aromatic heterocycles. The third-order valence-electron chi connectivity index (χ3n) is 4.00. The van der Waals surface area contributed by atoms with Gasteiger partial charge in [-0.2, -0.15) is 5.10 Å². The fraction of sp³-hybridized carbons (Fsp3) is 0.200. The number of carbonyl (C=O) groups is 1. The maximum absolute atomic E-state index is 12.6. The SMILES string of the molecule is CC(C)Oc1ccc(CNC(=O)c2cn[nH]c2-c2ccc([N+](=O)[O-])cc2)cc1. The lowest BCUT2D eigenvalue weighted by atomic mass is 10.1. The van der Waals surface area contributed by atoms with E-state index in [1.165, 1.54) is 18.3 Å². The predicted molar refractivity (Wildman–Crippen MR) is 104 cm³/mol. The zero-order chi connectivity index (χ0) is 20.1. The van der Waals surface area contributed by atoms with Crippen LogP contribution in [-0.2, 0) is 6.54 Å². The molecule has 2 aromatic carbocycles. The lowest BCUT2D eigenvalue weighted by molar-refractivity contribution is -0.384. The summed E-state index contributed by atoms with van der Waals surface area (Å²) < 4.78 is 5.60. The lowest BCUT2D eigenvalue weighted by Gasteiger charge is -2.10. The fourth-order valence-electron chi connectivity index (χ4n) is 2.66. The van der Waals surface area contributed by atoms with Gasteiger partial charge >= 0.3 is 0 Å². The van der Waals surface area contributed by atoms with Crippen LogP contribution in [0, 0.1) is 10.1 Å². The Labute approximate surface area is 161 Å². The van der Waals surface area contributed by atoms with Gasteiger partial charge in [0.25, 0.3) is 11.6 Å². The minimum atomic E-state index is -0.470. The highest BCUT2D eigenvalue weighted by Crippen LogP contribution is 2.23. The largest absolute Gasteiger partial charge is 0.491 e. The van der Waals surface area contributed by atoms with Crippen LogP contribution in [0.15, 0.2) is 54.7 Å². The number of hydrogen-bond acceptors (Lipinski definition) is 5. The van der Waals surface area contributed by atoms with Crippen LogP contribution in [0.25, 0.3) is 11.3 Å². The number of H-pyrrole nitrogens is 1. The number of aromatic nitrogens is 2. The Bertz CT molecular complexity index is 963. The van der Waals surface area contributed by atoms with Crippen molar-refractivity contribution in [2.75, 3.05) is 0 Å². The zero-order valence-electron chi connectivity index (χ0n) is 15.5. The first-order chi connectivity index (χ1) is 13.4. The molecule has 0 saturated heterocycles. The number of amides is 1. The smallest absolute Gasteiger partial charge is 0.269 e. The normalized spacial score (nSPS) is 10.7. The number of rotatable bonds is 7. The molecule has 8 nitrogen and oxygen atoms in total. The van der Waals surface area contributed by atoms with E-state index in [1.807, 2.05) is 38.1 Å². The molecule has 0 unspecified atom stereocenters. The molecule has 0 saturated carbocycles. The summed E-state index contributed by atoms with van der Waals surface area (Å²) >= 11 is 0. The number of nitro benzene ring substituents is 1. The monoisotopic (exact) mass is 380 g/mol. The van der Waals surface area contributed by atoms with Gasteiger partial charge in [0.1, 0.15) is 5.75 Å². The van der Waals surface area contributed by atoms with E-state index in [1.54, 1.807) is 12.1 Å². The summed E-state index contributed by atoms with van der Waals surface area (Å²) in [5, 5.41) is 20.3. The van der Waals surface area contributed by atoms with Crippen LogP contribution in [0.3, 0.4) is 0 Å². The van der Waals surface area contributed by atoms with E-state index in [-0.39, 0.29) is 17.7 Å². The van der Waals surface area contributed by atoms with Crippen LogP contribution < -0.4 is 10.1 Å². The number of ether oxygens (including phenoxy) is 1. The first kappa shape index (κ1) is 19.1. The molecule has 3 rings (SSSR count). The van der Waals surface area contributed by atoms with Crippen molar-refractivity contribution in [1.82, 2.24) is 15.5 Å². The van der Waals surface area contributed by atoms with Gasteiger partial charge in [0.2, 0.25) is 0 Å². The third kappa shape index (κ3) is 4.53. The van der Waals surface area contributed by atoms with E-state index >= 15 is 0 Å². The van der Waals surface area contributed by atoms with Crippen LogP contribution in [0.4, 0.5) is 5.69 Å². The van der Waals surface area contributed by atoms with Gasteiger partial charge in [0.05, 0.1) is 28.5 Å². The van der Waals surface area contributed by atoms with Crippen molar-refractivity contribution in [3.63, 3.8) is 0 Å². The Balaban J connectivity index is 1.67. The summed E-state index contributed by atoms with van der Waals surface area (Å²) in [6, 6.07) is 13.4. The van der Waals surface area contributed by atoms with Crippen molar-refractivity contribution in [3.05, 3.63) is 76.0 Å². The molecule has 1 heterocycles. The van der Waals surface area contributed by atoms with Crippen molar-refractivity contribution in [2.24, 2.45) is 0 Å². The molecule has 144 valence electrons. The molecular formula is C20H20N4O4. The Morgan fingerprint density at radius 3 is 2.46 bits per heavy atom. The van der Waals surface area contributed by atoms with Gasteiger partial charge in [-0.05, 0) is 43.7 Å². The molecule has 0 aliphatic heterocycles. The number of non-ortho nitro benzene ring substituents is 1. The van der Waals surface area contributed by atoms with Crippen LogP contribution >= 0.6 is 0 Å². The number of nitrogens with zero attached hydrogens (tertiary/aromatic N) is 2. The maximum atomic E-state index is 12.6. The van der Waals surface area contributed by atoms with Crippen molar-refractivity contribution >= 4 is 11.6 Å². The van der Waals surface area contributed by atoms with Gasteiger partial charge in [-0.15, -0.1) is 0 Å². The van der Waals surface area contributed by atoms with Gasteiger partial charge in [-0.25, -0.2) is 0 Å². The topological polar surface area (TPSA) is 110 Å². The van der Waals surface area contributed by atoms with Gasteiger partial charge in [0, 0.05) is 24.2 Å². The molecule has 3 aromatic rings. The van der Waals surface area contributed by atoms with E-state index in [4.69, 9.17) is 4.74 Å². The predicted octanol–water partition coefficient (Wildman–Crippen LogP) is 3.70. The van der Waals surface area contributed by atoms with E-state index < -0.39 is 4.92 Å². The molecule has 1 amide bonds. The van der Waals surface area contributed by atoms with Crippen molar-refractivity contribution < 1.29 is 14.5 Å². The van der Waals surface area contributed by atoms with Crippen LogP contribution in [0.1, 0.15) is 29.8 Å². The minimum Gasteiger partial charge on any atom is -0.491 e. The summed E-state index contributed by atoms with van der Waals surface area (Å²) in [5.41, 5.74) is 2.44. The molecule has 28 heavy (non-hydrogen) atoms. The highest BCUT2D eigenvalue weighted by molar-refractivity contribution is 5.99. The second-order valence-corrected chi connectivity index (χ2v) is 6.46. The van der Waals surface area contributed by atoms with Gasteiger partial charge in [0.15, 0.2) is 0 Å². The molecule has 0 bridgehead atoms. The molecule has 0 aliphatic carbocycles. The lowest BCUT2D eigenvalue weighted by Crippen LogP contribution is -2.23. The number of aromatic amines is 1. The summed E-state index contributed by atoms with van der Waals surface area (Å²) in [4.78, 5) is 22.9. The number of nitrogens with one attached hydrogen (secondary N) is 2. The quantitative estimate of drug-likeness (QED) is 0.480. The third-order valence-corrected chi connectivity index (χ3v) is 4.00. The van der Waals surface area contributed by atoms with E-state index in [0.29, 0.717) is 23.4 Å². The number of benzene rings is 2. The summed E-state index contributed by atoms with van der Waals surface area (Å²) in [5.74, 6) is 0.491. The number of carbonyl (C=O) groups excluding carboxylic acids is 1. The fourth-order valence-corrected chi connectivity index (χ4v) is 2.66. The molecule has 0 spiro atoms. The minimum absolute atomic E-state index is 0.0147. The van der Waals surface area contributed by atoms with Crippen molar-refractivity contribution in [2.45, 2.75) is 26.5 Å². The summed E-state index contributed by atoms with van der Waals surface area (Å²) in [6.45, 7) is 4.27. The first-order valence-electron chi connectivity index (χ1n) is 8.76. The van der Waals surface area contributed by atoms with Crippen molar-refractivity contribution in [1.29, 1.82) is 0 Å². The second-order valence-electron chi connectivity index (χ2n) is 6.46. The average Bonchev–Trinajstić information content (AvgIpc) is 3.17. The Kier molecular flexibility index (Phi) is 5.69. The van der Waals surface area contributed by atoms with Crippen molar-refractivity contribution in [3.8, 4) is 17.0 Å². The van der Waals surface area contributed by atoms with Crippen LogP contribution in [-0.4, -0.2) is 27.1 Å². The first-order valence-corrected chi connectivity index (χ1v) is 8.76. The summed E-state index contributed by atoms with van der Waals surface area (Å²) in [7, 11) is 0.